The van der Waals surface area contributed by atoms with Crippen molar-refractivity contribution < 1.29 is 19.2 Å². The second-order valence-corrected chi connectivity index (χ2v) is 6.29. The van der Waals surface area contributed by atoms with Gasteiger partial charge in [-0.1, -0.05) is 12.1 Å². The number of nitro groups is 1. The first kappa shape index (κ1) is 20.1. The summed E-state index contributed by atoms with van der Waals surface area (Å²) in [4.78, 5) is 34.1. The number of rotatable bonds is 7. The lowest BCUT2D eigenvalue weighted by molar-refractivity contribution is -0.386. The molecule has 0 aliphatic heterocycles. The minimum absolute atomic E-state index is 0.0191. The van der Waals surface area contributed by atoms with Gasteiger partial charge in [0.2, 0.25) is 0 Å². The van der Waals surface area contributed by atoms with Gasteiger partial charge in [0.15, 0.2) is 0 Å². The fourth-order valence-corrected chi connectivity index (χ4v) is 2.73. The number of hydrogen-bond donors (Lipinski definition) is 1. The summed E-state index contributed by atoms with van der Waals surface area (Å²) in [6.45, 7) is 5.34. The van der Waals surface area contributed by atoms with E-state index in [1.54, 1.807) is 49.7 Å². The Kier molecular flexibility index (Phi) is 6.27. The van der Waals surface area contributed by atoms with Crippen LogP contribution in [0.2, 0.25) is 0 Å². The second-order valence-electron chi connectivity index (χ2n) is 6.29. The van der Waals surface area contributed by atoms with Gasteiger partial charge in [-0.25, -0.2) is 0 Å². The van der Waals surface area contributed by atoms with Crippen LogP contribution < -0.4 is 5.32 Å². The lowest BCUT2D eigenvalue weighted by Gasteiger charge is -2.13. The van der Waals surface area contributed by atoms with Crippen LogP contribution in [0.4, 0.5) is 5.69 Å². The highest BCUT2D eigenvalue weighted by Crippen LogP contribution is 2.22. The van der Waals surface area contributed by atoms with Crippen LogP contribution >= 0.6 is 0 Å². The van der Waals surface area contributed by atoms with E-state index in [1.165, 1.54) is 7.11 Å². The minimum Gasteiger partial charge on any atom is -0.469 e. The minimum atomic E-state index is -0.433. The number of carbonyl (C=O) groups excluding carboxylic acids is 2. The number of aromatic nitrogens is 2. The quantitative estimate of drug-likeness (QED) is 0.451. The Labute approximate surface area is 156 Å². The molecule has 2 aromatic rings. The zero-order chi connectivity index (χ0) is 20.1. The zero-order valence-corrected chi connectivity index (χ0v) is 15.7. The monoisotopic (exact) mass is 374 g/mol. The Morgan fingerprint density at radius 2 is 1.93 bits per heavy atom. The molecule has 0 saturated heterocycles. The molecule has 1 aromatic heterocycles. The van der Waals surface area contributed by atoms with Crippen LogP contribution in [0.5, 0.6) is 0 Å². The fraction of sp³-hybridized carbons (Fsp3) is 0.389. The van der Waals surface area contributed by atoms with Gasteiger partial charge >= 0.3 is 11.7 Å². The number of amides is 1. The molecule has 0 saturated carbocycles. The molecule has 1 N–H and O–H groups in total. The second kappa shape index (κ2) is 8.43. The molecule has 144 valence electrons. The molecule has 1 unspecified atom stereocenters. The molecule has 2 rings (SSSR count). The molecule has 1 heterocycles. The van der Waals surface area contributed by atoms with Crippen molar-refractivity contribution in [3.05, 3.63) is 56.9 Å². The van der Waals surface area contributed by atoms with E-state index in [0.29, 0.717) is 23.5 Å². The van der Waals surface area contributed by atoms with Crippen LogP contribution in [0, 0.1) is 24.0 Å². The Morgan fingerprint density at radius 1 is 1.30 bits per heavy atom. The van der Waals surface area contributed by atoms with Gasteiger partial charge in [-0.3, -0.25) is 24.4 Å². The summed E-state index contributed by atoms with van der Waals surface area (Å²) in [6, 6.07) is 6.51. The topological polar surface area (TPSA) is 116 Å². The van der Waals surface area contributed by atoms with Gasteiger partial charge in [0.1, 0.15) is 11.4 Å². The highest BCUT2D eigenvalue weighted by atomic mass is 16.6. The predicted molar refractivity (Wildman–Crippen MR) is 97.5 cm³/mol. The number of esters is 1. The highest BCUT2D eigenvalue weighted by Gasteiger charge is 2.21. The van der Waals surface area contributed by atoms with E-state index < -0.39 is 10.9 Å². The van der Waals surface area contributed by atoms with E-state index in [9.17, 15) is 19.7 Å². The molecule has 0 aliphatic rings. The highest BCUT2D eigenvalue weighted by molar-refractivity contribution is 5.94. The SMILES string of the molecule is COC(=O)CC(C)NC(=O)c1ccc(Cn2nc(C)c([N+](=O)[O-])c2C)cc1. The molecular weight excluding hydrogens is 352 g/mol. The van der Waals surface area contributed by atoms with Gasteiger partial charge in [0.05, 0.1) is 25.0 Å². The molecule has 9 heteroatoms. The summed E-state index contributed by atoms with van der Waals surface area (Å²) < 4.78 is 6.14. The van der Waals surface area contributed by atoms with Crippen LogP contribution in [-0.2, 0) is 16.1 Å². The third kappa shape index (κ3) is 4.90. The third-order valence-corrected chi connectivity index (χ3v) is 4.15. The first-order chi connectivity index (χ1) is 12.7. The van der Waals surface area contributed by atoms with E-state index in [4.69, 9.17) is 0 Å². The molecule has 0 aliphatic carbocycles. The third-order valence-electron chi connectivity index (χ3n) is 4.15. The number of methoxy groups -OCH3 is 1. The molecule has 0 bridgehead atoms. The molecule has 1 atom stereocenters. The summed E-state index contributed by atoms with van der Waals surface area (Å²) >= 11 is 0. The molecule has 0 spiro atoms. The normalized spacial score (nSPS) is 11.7. The Morgan fingerprint density at radius 3 is 2.44 bits per heavy atom. The van der Waals surface area contributed by atoms with Crippen molar-refractivity contribution in [1.82, 2.24) is 15.1 Å². The van der Waals surface area contributed by atoms with Crippen LogP contribution in [0.15, 0.2) is 24.3 Å². The molecule has 27 heavy (non-hydrogen) atoms. The number of benzene rings is 1. The maximum atomic E-state index is 12.2. The lowest BCUT2D eigenvalue weighted by atomic mass is 10.1. The summed E-state index contributed by atoms with van der Waals surface area (Å²) in [7, 11) is 1.30. The smallest absolute Gasteiger partial charge is 0.312 e. The van der Waals surface area contributed by atoms with Crippen LogP contribution in [0.1, 0.15) is 40.7 Å². The van der Waals surface area contributed by atoms with Crippen molar-refractivity contribution in [3.8, 4) is 0 Å². The Balaban J connectivity index is 2.05. The van der Waals surface area contributed by atoms with E-state index in [-0.39, 0.29) is 24.1 Å². The van der Waals surface area contributed by atoms with Crippen LogP contribution in [0.3, 0.4) is 0 Å². The lowest BCUT2D eigenvalue weighted by Crippen LogP contribution is -2.34. The molecule has 1 aromatic carbocycles. The molecule has 0 fully saturated rings. The van der Waals surface area contributed by atoms with Crippen LogP contribution in [-0.4, -0.2) is 39.7 Å². The number of carbonyl (C=O) groups is 2. The van der Waals surface area contributed by atoms with E-state index in [0.717, 1.165) is 5.56 Å². The summed E-state index contributed by atoms with van der Waals surface area (Å²) in [5.74, 6) is -0.683. The van der Waals surface area contributed by atoms with Crippen molar-refractivity contribution in [2.24, 2.45) is 0 Å². The standard InChI is InChI=1S/C18H22N4O5/c1-11(9-16(23)27-4)19-18(24)15-7-5-14(6-8-15)10-21-13(3)17(22(25)26)12(2)20-21/h5-8,11H,9-10H2,1-4H3,(H,19,24). The van der Waals surface area contributed by atoms with Crippen molar-refractivity contribution in [3.63, 3.8) is 0 Å². The number of hydrogen-bond acceptors (Lipinski definition) is 6. The van der Waals surface area contributed by atoms with Gasteiger partial charge in [0, 0.05) is 11.6 Å². The molecular formula is C18H22N4O5. The average molecular weight is 374 g/mol. The van der Waals surface area contributed by atoms with Crippen molar-refractivity contribution in [2.45, 2.75) is 39.8 Å². The number of nitrogens with one attached hydrogen (secondary N) is 1. The summed E-state index contributed by atoms with van der Waals surface area (Å²) in [5.41, 5.74) is 2.18. The van der Waals surface area contributed by atoms with E-state index >= 15 is 0 Å². The molecule has 9 nitrogen and oxygen atoms in total. The number of nitrogens with zero attached hydrogens (tertiary/aromatic N) is 3. The van der Waals surface area contributed by atoms with Gasteiger partial charge in [-0.15, -0.1) is 0 Å². The van der Waals surface area contributed by atoms with E-state index in [2.05, 4.69) is 15.2 Å². The van der Waals surface area contributed by atoms with Crippen LogP contribution in [0.25, 0.3) is 0 Å². The zero-order valence-electron chi connectivity index (χ0n) is 15.7. The van der Waals surface area contributed by atoms with Gasteiger partial charge in [-0.2, -0.15) is 5.10 Å². The number of aryl methyl sites for hydroxylation is 1. The average Bonchev–Trinajstić information content (AvgIpc) is 2.88. The van der Waals surface area contributed by atoms with Crippen molar-refractivity contribution in [1.29, 1.82) is 0 Å². The first-order valence-corrected chi connectivity index (χ1v) is 8.38. The summed E-state index contributed by atoms with van der Waals surface area (Å²) in [6.07, 6.45) is 0.0943. The number of ether oxygens (including phenoxy) is 1. The first-order valence-electron chi connectivity index (χ1n) is 8.38. The largest absolute Gasteiger partial charge is 0.469 e. The van der Waals surface area contributed by atoms with E-state index in [1.807, 2.05) is 0 Å². The fourth-order valence-electron chi connectivity index (χ4n) is 2.73. The molecule has 0 radical (unpaired) electrons. The van der Waals surface area contributed by atoms with Gasteiger partial charge in [-0.05, 0) is 38.5 Å². The summed E-state index contributed by atoms with van der Waals surface area (Å²) in [5, 5.41) is 18.0. The molecule has 1 amide bonds. The Bertz CT molecular complexity index is 857. The van der Waals surface area contributed by atoms with Gasteiger partial charge < -0.3 is 10.1 Å². The predicted octanol–water partition coefficient (Wildman–Crippen LogP) is 2.14. The van der Waals surface area contributed by atoms with Crippen molar-refractivity contribution >= 4 is 17.6 Å². The van der Waals surface area contributed by atoms with Gasteiger partial charge in [0.25, 0.3) is 5.91 Å². The maximum absolute atomic E-state index is 12.2. The van der Waals surface area contributed by atoms with Crippen molar-refractivity contribution in [2.75, 3.05) is 7.11 Å². The Hall–Kier alpha value is -3.23. The maximum Gasteiger partial charge on any atom is 0.312 e.